The third-order valence-electron chi connectivity index (χ3n) is 2.96. The molecule has 1 amide bonds. The number of pyridine rings is 1. The first kappa shape index (κ1) is 17.7. The predicted molar refractivity (Wildman–Crippen MR) is 90.4 cm³/mol. The summed E-state index contributed by atoms with van der Waals surface area (Å²) < 4.78 is 15.9. The van der Waals surface area contributed by atoms with Gasteiger partial charge in [0.15, 0.2) is 6.61 Å². The number of nitrogens with one attached hydrogen (secondary N) is 1. The van der Waals surface area contributed by atoms with Gasteiger partial charge < -0.3 is 19.5 Å². The van der Waals surface area contributed by atoms with Crippen LogP contribution in [0.15, 0.2) is 41.1 Å². The van der Waals surface area contributed by atoms with Gasteiger partial charge in [-0.05, 0) is 34.1 Å². The minimum atomic E-state index is -0.638. The van der Waals surface area contributed by atoms with Crippen LogP contribution in [0.2, 0.25) is 0 Å². The van der Waals surface area contributed by atoms with Gasteiger partial charge in [-0.2, -0.15) is 0 Å². The normalized spacial score (nSPS) is 9.96. The van der Waals surface area contributed by atoms with Crippen molar-refractivity contribution in [3.05, 3.63) is 46.7 Å². The molecule has 0 spiro atoms. The van der Waals surface area contributed by atoms with Crippen LogP contribution >= 0.6 is 15.9 Å². The van der Waals surface area contributed by atoms with Crippen molar-refractivity contribution < 1.29 is 23.8 Å². The molecule has 1 aromatic carbocycles. The molecule has 24 heavy (non-hydrogen) atoms. The highest BCUT2D eigenvalue weighted by Crippen LogP contribution is 2.28. The number of ether oxygens (including phenoxy) is 3. The van der Waals surface area contributed by atoms with Gasteiger partial charge in [-0.25, -0.2) is 4.79 Å². The van der Waals surface area contributed by atoms with Crippen LogP contribution in [-0.4, -0.2) is 37.7 Å². The van der Waals surface area contributed by atoms with Crippen LogP contribution in [0, 0.1) is 0 Å². The number of hydrogen-bond donors (Lipinski definition) is 1. The number of anilines is 1. The van der Waals surface area contributed by atoms with Gasteiger partial charge in [-0.1, -0.05) is 0 Å². The van der Waals surface area contributed by atoms with E-state index < -0.39 is 18.5 Å². The van der Waals surface area contributed by atoms with Crippen LogP contribution in [0.25, 0.3) is 0 Å². The first-order chi connectivity index (χ1) is 11.5. The summed E-state index contributed by atoms with van der Waals surface area (Å²) in [6.45, 7) is -0.430. The minimum Gasteiger partial charge on any atom is -0.497 e. The van der Waals surface area contributed by atoms with Crippen LogP contribution in [0.4, 0.5) is 5.69 Å². The lowest BCUT2D eigenvalue weighted by Gasteiger charge is -2.11. The molecule has 0 radical (unpaired) electrons. The number of hydrogen-bond acceptors (Lipinski definition) is 6. The first-order valence-electron chi connectivity index (χ1n) is 6.83. The van der Waals surface area contributed by atoms with Crippen LogP contribution in [0.3, 0.4) is 0 Å². The van der Waals surface area contributed by atoms with Gasteiger partial charge in [0.2, 0.25) is 0 Å². The molecule has 0 saturated heterocycles. The largest absolute Gasteiger partial charge is 0.497 e. The Morgan fingerprint density at radius 1 is 1.17 bits per heavy atom. The van der Waals surface area contributed by atoms with E-state index in [4.69, 9.17) is 14.2 Å². The van der Waals surface area contributed by atoms with Gasteiger partial charge in [-0.3, -0.25) is 9.78 Å². The van der Waals surface area contributed by atoms with Gasteiger partial charge >= 0.3 is 5.97 Å². The Labute approximate surface area is 147 Å². The Morgan fingerprint density at radius 2 is 1.96 bits per heavy atom. The summed E-state index contributed by atoms with van der Waals surface area (Å²) in [4.78, 5) is 27.7. The second kappa shape index (κ2) is 8.30. The van der Waals surface area contributed by atoms with Crippen molar-refractivity contribution in [1.82, 2.24) is 4.98 Å². The molecule has 0 saturated carbocycles. The average molecular weight is 395 g/mol. The summed E-state index contributed by atoms with van der Waals surface area (Å²) in [5.41, 5.74) is 0.697. The summed E-state index contributed by atoms with van der Waals surface area (Å²) in [6.07, 6.45) is 2.90. The summed E-state index contributed by atoms with van der Waals surface area (Å²) >= 11 is 3.21. The standard InChI is InChI=1S/C16H15BrN2O5/c1-22-12-3-4-13(14(6-12)23-2)19-15(20)9-24-16(21)10-5-11(17)8-18-7-10/h3-8H,9H2,1-2H3,(H,19,20). The molecule has 2 rings (SSSR count). The van der Waals surface area contributed by atoms with E-state index in [2.05, 4.69) is 26.2 Å². The van der Waals surface area contributed by atoms with E-state index in [0.717, 1.165) is 0 Å². The zero-order chi connectivity index (χ0) is 17.5. The third-order valence-corrected chi connectivity index (χ3v) is 3.39. The minimum absolute atomic E-state index is 0.249. The molecular weight excluding hydrogens is 380 g/mol. The van der Waals surface area contributed by atoms with E-state index in [0.29, 0.717) is 21.7 Å². The van der Waals surface area contributed by atoms with Crippen LogP contribution in [0.1, 0.15) is 10.4 Å². The second-order valence-electron chi connectivity index (χ2n) is 4.58. The second-order valence-corrected chi connectivity index (χ2v) is 5.50. The van der Waals surface area contributed by atoms with Crippen molar-refractivity contribution in [3.8, 4) is 11.5 Å². The topological polar surface area (TPSA) is 86.8 Å². The molecule has 0 aliphatic carbocycles. The van der Waals surface area contributed by atoms with E-state index in [-0.39, 0.29) is 5.56 Å². The predicted octanol–water partition coefficient (Wildman–Crippen LogP) is 2.66. The molecule has 2 aromatic rings. The molecule has 0 aliphatic heterocycles. The fourth-order valence-electron chi connectivity index (χ4n) is 1.83. The molecular formula is C16H15BrN2O5. The Balaban J connectivity index is 1.95. The number of rotatable bonds is 6. The molecule has 0 bridgehead atoms. The molecule has 1 N–H and O–H groups in total. The monoisotopic (exact) mass is 394 g/mol. The highest BCUT2D eigenvalue weighted by atomic mass is 79.9. The summed E-state index contributed by atoms with van der Waals surface area (Å²) in [7, 11) is 3.01. The third kappa shape index (κ3) is 4.69. The molecule has 0 fully saturated rings. The fraction of sp³-hybridized carbons (Fsp3) is 0.188. The van der Waals surface area contributed by atoms with Gasteiger partial charge in [0.25, 0.3) is 5.91 Å². The number of halogens is 1. The van der Waals surface area contributed by atoms with Gasteiger partial charge in [0, 0.05) is 22.9 Å². The van der Waals surface area contributed by atoms with Crippen molar-refractivity contribution in [2.75, 3.05) is 26.1 Å². The summed E-state index contributed by atoms with van der Waals surface area (Å²) in [5.74, 6) is -0.0981. The Hall–Kier alpha value is -2.61. The zero-order valence-electron chi connectivity index (χ0n) is 13.0. The number of nitrogens with zero attached hydrogens (tertiary/aromatic N) is 1. The van der Waals surface area contributed by atoms with E-state index in [1.807, 2.05) is 0 Å². The van der Waals surface area contributed by atoms with E-state index in [1.165, 1.54) is 20.4 Å². The molecule has 126 valence electrons. The number of benzene rings is 1. The molecule has 0 unspecified atom stereocenters. The van der Waals surface area contributed by atoms with Crippen molar-refractivity contribution in [2.45, 2.75) is 0 Å². The maximum Gasteiger partial charge on any atom is 0.340 e. The van der Waals surface area contributed by atoms with Crippen LogP contribution < -0.4 is 14.8 Å². The van der Waals surface area contributed by atoms with E-state index >= 15 is 0 Å². The SMILES string of the molecule is COc1ccc(NC(=O)COC(=O)c2cncc(Br)c2)c(OC)c1. The quantitative estimate of drug-likeness (QED) is 0.757. The van der Waals surface area contributed by atoms with Gasteiger partial charge in [0.1, 0.15) is 11.5 Å². The first-order valence-corrected chi connectivity index (χ1v) is 7.62. The maximum atomic E-state index is 11.9. The molecule has 1 aromatic heterocycles. The fourth-order valence-corrected chi connectivity index (χ4v) is 2.19. The molecule has 7 nitrogen and oxygen atoms in total. The molecule has 8 heteroatoms. The molecule has 1 heterocycles. The highest BCUT2D eigenvalue weighted by Gasteiger charge is 2.13. The van der Waals surface area contributed by atoms with Gasteiger partial charge in [0.05, 0.1) is 25.5 Å². The molecule has 0 atom stereocenters. The van der Waals surface area contributed by atoms with Crippen LogP contribution in [0.5, 0.6) is 11.5 Å². The smallest absolute Gasteiger partial charge is 0.340 e. The number of esters is 1. The van der Waals surface area contributed by atoms with Crippen molar-refractivity contribution in [1.29, 1.82) is 0 Å². The lowest BCUT2D eigenvalue weighted by Crippen LogP contribution is -2.21. The summed E-state index contributed by atoms with van der Waals surface area (Å²) in [5, 5.41) is 2.61. The van der Waals surface area contributed by atoms with E-state index in [9.17, 15) is 9.59 Å². The maximum absolute atomic E-state index is 11.9. The highest BCUT2D eigenvalue weighted by molar-refractivity contribution is 9.10. The Bertz CT molecular complexity index is 751. The lowest BCUT2D eigenvalue weighted by molar-refractivity contribution is -0.119. The number of carbonyl (C=O) groups excluding carboxylic acids is 2. The lowest BCUT2D eigenvalue weighted by atomic mass is 10.2. The number of amides is 1. The zero-order valence-corrected chi connectivity index (χ0v) is 14.6. The van der Waals surface area contributed by atoms with Crippen molar-refractivity contribution in [3.63, 3.8) is 0 Å². The number of methoxy groups -OCH3 is 2. The van der Waals surface area contributed by atoms with E-state index in [1.54, 1.807) is 30.5 Å². The number of aromatic nitrogens is 1. The molecule has 0 aliphatic rings. The van der Waals surface area contributed by atoms with Crippen LogP contribution in [-0.2, 0) is 9.53 Å². The average Bonchev–Trinajstić information content (AvgIpc) is 2.60. The van der Waals surface area contributed by atoms with Crippen molar-refractivity contribution >= 4 is 33.5 Å². The Morgan fingerprint density at radius 3 is 2.62 bits per heavy atom. The van der Waals surface area contributed by atoms with Crippen molar-refractivity contribution in [2.24, 2.45) is 0 Å². The Kier molecular flexibility index (Phi) is 6.14. The number of carbonyl (C=O) groups is 2. The van der Waals surface area contributed by atoms with Gasteiger partial charge in [-0.15, -0.1) is 0 Å². The summed E-state index contributed by atoms with van der Waals surface area (Å²) in [6, 6.07) is 6.50.